The van der Waals surface area contributed by atoms with Crippen LogP contribution in [0.1, 0.15) is 56.6 Å². The Balaban J connectivity index is 1.62. The summed E-state index contributed by atoms with van der Waals surface area (Å²) in [6, 6.07) is 5.88. The number of phenolic OH excluding ortho intramolecular Hbond substituents is 1. The van der Waals surface area contributed by atoms with Crippen molar-refractivity contribution in [1.29, 1.82) is 0 Å². The summed E-state index contributed by atoms with van der Waals surface area (Å²) in [5, 5.41) is 11.7. The van der Waals surface area contributed by atoms with Gasteiger partial charge in [-0.1, -0.05) is 19.8 Å². The maximum absolute atomic E-state index is 12.3. The number of rotatable bonds is 9. The van der Waals surface area contributed by atoms with Crippen molar-refractivity contribution in [2.75, 3.05) is 39.9 Å². The third-order valence-electron chi connectivity index (χ3n) is 7.31. The molecule has 2 aliphatic heterocycles. The molecule has 6 nitrogen and oxygen atoms in total. The minimum absolute atomic E-state index is 0.194. The molecular formula is C26H38N2O4. The highest BCUT2D eigenvalue weighted by molar-refractivity contribution is 5.85. The van der Waals surface area contributed by atoms with Crippen LogP contribution >= 0.6 is 0 Å². The summed E-state index contributed by atoms with van der Waals surface area (Å²) in [6.07, 6.45) is 8.21. The molecule has 1 N–H and O–H groups in total. The number of fused-ring (bicyclic) bond motifs is 2. The van der Waals surface area contributed by atoms with Crippen LogP contribution in [0.25, 0.3) is 11.0 Å². The molecule has 1 aromatic heterocycles. The Hall–Kier alpha value is -1.89. The van der Waals surface area contributed by atoms with E-state index < -0.39 is 0 Å². The SMILES string of the molecule is CCCc1cc(=O)oc2c(CN(CCOC)C[C@@H]3CCCN4CCCC[C@H]34)c(O)ccc12. The van der Waals surface area contributed by atoms with Gasteiger partial charge in [-0.05, 0) is 68.8 Å². The third-order valence-corrected chi connectivity index (χ3v) is 7.31. The zero-order valence-electron chi connectivity index (χ0n) is 19.6. The van der Waals surface area contributed by atoms with E-state index in [4.69, 9.17) is 9.15 Å². The average molecular weight is 443 g/mol. The van der Waals surface area contributed by atoms with Crippen molar-refractivity contribution >= 4 is 11.0 Å². The number of ether oxygens (including phenoxy) is 1. The van der Waals surface area contributed by atoms with Gasteiger partial charge >= 0.3 is 5.63 Å². The van der Waals surface area contributed by atoms with E-state index in [1.807, 2.05) is 6.07 Å². The summed E-state index contributed by atoms with van der Waals surface area (Å²) in [5.74, 6) is 0.820. The van der Waals surface area contributed by atoms with E-state index in [0.29, 0.717) is 36.3 Å². The van der Waals surface area contributed by atoms with Gasteiger partial charge < -0.3 is 19.2 Å². The predicted octanol–water partition coefficient (Wildman–Crippen LogP) is 4.16. The fourth-order valence-electron chi connectivity index (χ4n) is 5.77. The van der Waals surface area contributed by atoms with Crippen LogP contribution in [0.2, 0.25) is 0 Å². The van der Waals surface area contributed by atoms with Crippen LogP contribution in [-0.2, 0) is 17.7 Å². The number of hydrogen-bond donors (Lipinski definition) is 1. The Kier molecular flexibility index (Phi) is 7.87. The second-order valence-corrected chi connectivity index (χ2v) is 9.51. The van der Waals surface area contributed by atoms with E-state index in [0.717, 1.165) is 36.9 Å². The Labute approximate surface area is 191 Å². The molecule has 0 spiro atoms. The van der Waals surface area contributed by atoms with Crippen molar-refractivity contribution in [3.05, 3.63) is 39.7 Å². The molecule has 2 saturated heterocycles. The second kappa shape index (κ2) is 10.8. The normalized spacial score (nSPS) is 21.8. The van der Waals surface area contributed by atoms with E-state index in [1.54, 1.807) is 19.2 Å². The average Bonchev–Trinajstić information content (AvgIpc) is 2.79. The molecule has 2 aromatic rings. The van der Waals surface area contributed by atoms with Crippen molar-refractivity contribution in [3.63, 3.8) is 0 Å². The topological polar surface area (TPSA) is 66.2 Å². The molecule has 0 aliphatic carbocycles. The molecule has 0 unspecified atom stereocenters. The number of piperidine rings is 2. The molecule has 4 rings (SSSR count). The largest absolute Gasteiger partial charge is 0.507 e. The number of hydrogen-bond acceptors (Lipinski definition) is 6. The van der Waals surface area contributed by atoms with Gasteiger partial charge in [-0.15, -0.1) is 0 Å². The molecule has 0 radical (unpaired) electrons. The van der Waals surface area contributed by atoms with Gasteiger partial charge in [0.25, 0.3) is 0 Å². The summed E-state index contributed by atoms with van der Waals surface area (Å²) in [7, 11) is 1.73. The number of aryl methyl sites for hydroxylation is 1. The fourth-order valence-corrected chi connectivity index (χ4v) is 5.77. The van der Waals surface area contributed by atoms with Crippen LogP contribution in [0.5, 0.6) is 5.75 Å². The van der Waals surface area contributed by atoms with E-state index >= 15 is 0 Å². The molecule has 32 heavy (non-hydrogen) atoms. The van der Waals surface area contributed by atoms with Gasteiger partial charge in [-0.25, -0.2) is 4.79 Å². The highest BCUT2D eigenvalue weighted by Crippen LogP contribution is 2.33. The van der Waals surface area contributed by atoms with Gasteiger partial charge in [0.15, 0.2) is 0 Å². The number of benzene rings is 1. The van der Waals surface area contributed by atoms with Crippen LogP contribution in [-0.4, -0.2) is 60.8 Å². The van der Waals surface area contributed by atoms with Crippen LogP contribution in [0.4, 0.5) is 0 Å². The number of methoxy groups -OCH3 is 1. The minimum Gasteiger partial charge on any atom is -0.507 e. The lowest BCUT2D eigenvalue weighted by Gasteiger charge is -2.45. The van der Waals surface area contributed by atoms with Crippen molar-refractivity contribution in [2.24, 2.45) is 5.92 Å². The first-order valence-electron chi connectivity index (χ1n) is 12.3. The standard InChI is InChI=1S/C26H38N2O4/c1-3-7-19-16-25(30)32-26-21(19)10-11-24(29)22(26)18-27(14-15-31-2)17-20-8-6-13-28-12-5-4-9-23(20)28/h10-11,16,20,23,29H,3-9,12-15,17-18H2,1-2H3/t20-,23+/m0/s1. The molecule has 3 heterocycles. The van der Waals surface area contributed by atoms with E-state index in [9.17, 15) is 9.90 Å². The second-order valence-electron chi connectivity index (χ2n) is 9.51. The molecule has 0 amide bonds. The lowest BCUT2D eigenvalue weighted by atomic mass is 9.83. The first kappa shape index (κ1) is 23.3. The summed E-state index contributed by atoms with van der Waals surface area (Å²) < 4.78 is 11.1. The minimum atomic E-state index is -0.346. The summed E-state index contributed by atoms with van der Waals surface area (Å²) >= 11 is 0. The van der Waals surface area contributed by atoms with Crippen molar-refractivity contribution in [1.82, 2.24) is 9.80 Å². The first-order chi connectivity index (χ1) is 15.6. The first-order valence-corrected chi connectivity index (χ1v) is 12.3. The Morgan fingerprint density at radius 1 is 1.22 bits per heavy atom. The zero-order chi connectivity index (χ0) is 22.5. The number of aromatic hydroxyl groups is 1. The Morgan fingerprint density at radius 2 is 2.06 bits per heavy atom. The molecule has 0 saturated carbocycles. The molecule has 2 atom stereocenters. The van der Waals surface area contributed by atoms with Crippen LogP contribution in [0, 0.1) is 5.92 Å². The summed E-state index contributed by atoms with van der Waals surface area (Å²) in [4.78, 5) is 17.4. The van der Waals surface area contributed by atoms with E-state index in [-0.39, 0.29) is 11.4 Å². The van der Waals surface area contributed by atoms with Gasteiger partial charge in [-0.3, -0.25) is 4.90 Å². The van der Waals surface area contributed by atoms with Gasteiger partial charge in [0.2, 0.25) is 0 Å². The summed E-state index contributed by atoms with van der Waals surface area (Å²) in [6.45, 7) is 7.51. The maximum Gasteiger partial charge on any atom is 0.336 e. The highest BCUT2D eigenvalue weighted by Gasteiger charge is 2.34. The monoisotopic (exact) mass is 442 g/mol. The Morgan fingerprint density at radius 3 is 2.88 bits per heavy atom. The highest BCUT2D eigenvalue weighted by atomic mass is 16.5. The van der Waals surface area contributed by atoms with Gasteiger partial charge in [0.1, 0.15) is 11.3 Å². The zero-order valence-corrected chi connectivity index (χ0v) is 19.6. The van der Waals surface area contributed by atoms with Crippen LogP contribution in [0.15, 0.2) is 27.4 Å². The summed E-state index contributed by atoms with van der Waals surface area (Å²) in [5.41, 5.74) is 1.89. The molecule has 0 bridgehead atoms. The van der Waals surface area contributed by atoms with Crippen molar-refractivity contribution in [2.45, 2.75) is 64.5 Å². The number of phenols is 1. The molecule has 2 fully saturated rings. The quantitative estimate of drug-likeness (QED) is 0.588. The molecule has 6 heteroatoms. The van der Waals surface area contributed by atoms with Crippen LogP contribution < -0.4 is 5.63 Å². The third kappa shape index (κ3) is 5.19. The van der Waals surface area contributed by atoms with Gasteiger partial charge in [-0.2, -0.15) is 0 Å². The molecule has 1 aromatic carbocycles. The lowest BCUT2D eigenvalue weighted by molar-refractivity contribution is 0.0335. The molecule has 176 valence electrons. The fraction of sp³-hybridized carbons (Fsp3) is 0.654. The molecular weight excluding hydrogens is 404 g/mol. The Bertz CT molecular complexity index is 955. The maximum atomic E-state index is 12.3. The van der Waals surface area contributed by atoms with Gasteiger partial charge in [0.05, 0.1) is 12.2 Å². The lowest BCUT2D eigenvalue weighted by Crippen LogP contribution is -2.51. The van der Waals surface area contributed by atoms with Crippen LogP contribution in [0.3, 0.4) is 0 Å². The van der Waals surface area contributed by atoms with E-state index in [1.165, 1.54) is 45.2 Å². The predicted molar refractivity (Wildman–Crippen MR) is 127 cm³/mol. The van der Waals surface area contributed by atoms with E-state index in [2.05, 4.69) is 16.7 Å². The van der Waals surface area contributed by atoms with Crippen molar-refractivity contribution < 1.29 is 14.3 Å². The number of nitrogens with zero attached hydrogens (tertiary/aromatic N) is 2. The van der Waals surface area contributed by atoms with Gasteiger partial charge in [0, 0.05) is 44.2 Å². The van der Waals surface area contributed by atoms with Crippen molar-refractivity contribution in [3.8, 4) is 5.75 Å². The molecule has 2 aliphatic rings. The smallest absolute Gasteiger partial charge is 0.336 e.